The van der Waals surface area contributed by atoms with Crippen LogP contribution in [-0.2, 0) is 23.9 Å². The first-order chi connectivity index (χ1) is 14.5. The third-order valence-corrected chi connectivity index (χ3v) is 9.41. The van der Waals surface area contributed by atoms with Crippen LogP contribution in [0.15, 0.2) is 11.6 Å². The Labute approximate surface area is 184 Å². The predicted octanol–water partition coefficient (Wildman–Crippen LogP) is 3.74. The normalized spacial score (nSPS) is 43.7. The Kier molecular flexibility index (Phi) is 5.60. The van der Waals surface area contributed by atoms with Gasteiger partial charge in [-0.1, -0.05) is 25.5 Å². The summed E-state index contributed by atoms with van der Waals surface area (Å²) in [5.74, 6) is 0.176. The zero-order chi connectivity index (χ0) is 22.6. The molecule has 6 nitrogen and oxygen atoms in total. The van der Waals surface area contributed by atoms with Crippen LogP contribution >= 0.6 is 0 Å². The molecule has 4 aliphatic carbocycles. The first-order valence-corrected chi connectivity index (χ1v) is 11.8. The Morgan fingerprint density at radius 1 is 1.03 bits per heavy atom. The highest BCUT2D eigenvalue weighted by Gasteiger charge is 2.66. The molecule has 0 spiro atoms. The summed E-state index contributed by atoms with van der Waals surface area (Å²) in [6.45, 7) is 6.86. The average molecular weight is 433 g/mol. The number of hydrogen-bond acceptors (Lipinski definition) is 6. The molecule has 0 aromatic rings. The summed E-state index contributed by atoms with van der Waals surface area (Å²) < 4.78 is 10.5. The molecule has 4 rings (SSSR count). The van der Waals surface area contributed by atoms with Gasteiger partial charge in [0.05, 0.1) is 0 Å². The van der Waals surface area contributed by atoms with Crippen LogP contribution in [0.1, 0.15) is 79.1 Å². The quantitative estimate of drug-likeness (QED) is 0.538. The molecule has 0 unspecified atom stereocenters. The van der Waals surface area contributed by atoms with Gasteiger partial charge < -0.3 is 14.6 Å². The third kappa shape index (κ3) is 3.46. The number of ether oxygens (including phenoxy) is 2. The van der Waals surface area contributed by atoms with Gasteiger partial charge >= 0.3 is 11.9 Å². The summed E-state index contributed by atoms with van der Waals surface area (Å²) in [6, 6.07) is 0. The van der Waals surface area contributed by atoms with Crippen LogP contribution in [0.2, 0.25) is 0 Å². The fourth-order valence-electron chi connectivity index (χ4n) is 7.72. The summed E-state index contributed by atoms with van der Waals surface area (Å²) in [7, 11) is 0. The van der Waals surface area contributed by atoms with Crippen molar-refractivity contribution in [3.63, 3.8) is 0 Å². The van der Waals surface area contributed by atoms with Crippen molar-refractivity contribution in [1.29, 1.82) is 0 Å². The second kappa shape index (κ2) is 7.72. The first-order valence-electron chi connectivity index (χ1n) is 11.8. The zero-order valence-corrected chi connectivity index (χ0v) is 19.2. The number of hydrogen-bond donors (Lipinski definition) is 1. The maximum atomic E-state index is 12.9. The first kappa shape index (κ1) is 22.5. The van der Waals surface area contributed by atoms with Crippen molar-refractivity contribution in [1.82, 2.24) is 0 Å². The summed E-state index contributed by atoms with van der Waals surface area (Å²) in [5, 5.41) is 11.5. The van der Waals surface area contributed by atoms with Crippen molar-refractivity contribution < 1.29 is 29.0 Å². The average Bonchev–Trinajstić information content (AvgIpc) is 2.98. The third-order valence-electron chi connectivity index (χ3n) is 9.41. The van der Waals surface area contributed by atoms with E-state index >= 15 is 0 Å². The highest BCUT2D eigenvalue weighted by molar-refractivity contribution is 5.90. The molecule has 172 valence electrons. The highest BCUT2D eigenvalue weighted by atomic mass is 16.5. The summed E-state index contributed by atoms with van der Waals surface area (Å²) in [6.07, 6.45) is 9.08. The number of fused-ring (bicyclic) bond motifs is 5. The minimum atomic E-state index is -1.42. The second-order valence-electron chi connectivity index (χ2n) is 10.8. The van der Waals surface area contributed by atoms with Crippen molar-refractivity contribution in [3.05, 3.63) is 11.6 Å². The number of ketones is 1. The number of allylic oxidation sites excluding steroid dienone is 1. The van der Waals surface area contributed by atoms with Crippen LogP contribution in [0.4, 0.5) is 0 Å². The lowest BCUT2D eigenvalue weighted by Crippen LogP contribution is -2.58. The number of rotatable bonds is 4. The van der Waals surface area contributed by atoms with E-state index in [4.69, 9.17) is 9.47 Å². The molecule has 0 heterocycles. The lowest BCUT2D eigenvalue weighted by atomic mass is 9.46. The van der Waals surface area contributed by atoms with Crippen molar-refractivity contribution >= 4 is 17.7 Å². The molecule has 0 saturated heterocycles. The van der Waals surface area contributed by atoms with E-state index in [9.17, 15) is 19.5 Å². The van der Waals surface area contributed by atoms with Gasteiger partial charge in [-0.15, -0.1) is 0 Å². The molecule has 1 N–H and O–H groups in total. The topological polar surface area (TPSA) is 89.9 Å². The van der Waals surface area contributed by atoms with Crippen LogP contribution in [0.5, 0.6) is 0 Å². The molecule has 3 fully saturated rings. The number of Topliss-reactive ketones (excluding diaryl/α,β-unsaturated/α-hetero) is 1. The van der Waals surface area contributed by atoms with E-state index in [-0.39, 0.29) is 35.8 Å². The van der Waals surface area contributed by atoms with Gasteiger partial charge in [0.2, 0.25) is 5.78 Å². The predicted molar refractivity (Wildman–Crippen MR) is 114 cm³/mol. The molecule has 0 bridgehead atoms. The Bertz CT molecular complexity index is 817. The van der Waals surface area contributed by atoms with Crippen molar-refractivity contribution in [2.45, 2.75) is 90.8 Å². The summed E-state index contributed by atoms with van der Waals surface area (Å²) in [4.78, 5) is 35.5. The monoisotopic (exact) mass is 432 g/mol. The van der Waals surface area contributed by atoms with Gasteiger partial charge in [0.15, 0.2) is 6.61 Å². The standard InChI is InChI=1S/C25H36O6/c1-15(26)30-14-22(28)25(29)12-9-21-19-6-5-17-13-18(31-16(2)27)7-10-23(17,3)20(19)8-11-24(21,25)4/h5,18-21,29H,6-14H2,1-4H3/t18-,19-,20+,21-,23-,24-,25-/m0/s1. The van der Waals surface area contributed by atoms with Crippen LogP contribution in [0.25, 0.3) is 0 Å². The number of carbonyl (C=O) groups is 3. The molecule has 3 saturated carbocycles. The fraction of sp³-hybridized carbons (Fsp3) is 0.800. The van der Waals surface area contributed by atoms with Crippen LogP contribution in [-0.4, -0.2) is 41.1 Å². The van der Waals surface area contributed by atoms with Crippen LogP contribution < -0.4 is 0 Å². The van der Waals surface area contributed by atoms with Crippen LogP contribution in [0, 0.1) is 28.6 Å². The number of carbonyl (C=O) groups excluding carboxylic acids is 3. The maximum Gasteiger partial charge on any atom is 0.303 e. The number of aliphatic hydroxyl groups is 1. The summed E-state index contributed by atoms with van der Waals surface area (Å²) in [5.41, 5.74) is -0.379. The van der Waals surface area contributed by atoms with Gasteiger partial charge in [0, 0.05) is 25.7 Å². The second-order valence-corrected chi connectivity index (χ2v) is 10.8. The summed E-state index contributed by atoms with van der Waals surface area (Å²) >= 11 is 0. The van der Waals surface area contributed by atoms with E-state index in [0.717, 1.165) is 44.9 Å². The van der Waals surface area contributed by atoms with Gasteiger partial charge in [-0.3, -0.25) is 14.4 Å². The zero-order valence-electron chi connectivity index (χ0n) is 19.2. The molecule has 0 radical (unpaired) electrons. The van der Waals surface area contributed by atoms with Gasteiger partial charge in [-0.25, -0.2) is 0 Å². The SMILES string of the molecule is CC(=O)OCC(=O)[C@@]1(O)CC[C@H]2[C@H]3CC=C4C[C@@H](OC(C)=O)CC[C@]4(C)[C@@H]3CC[C@@]21C. The van der Waals surface area contributed by atoms with Crippen LogP contribution in [0.3, 0.4) is 0 Å². The Morgan fingerprint density at radius 3 is 2.42 bits per heavy atom. The molecule has 0 amide bonds. The van der Waals surface area contributed by atoms with Gasteiger partial charge in [-0.2, -0.15) is 0 Å². The van der Waals surface area contributed by atoms with E-state index in [2.05, 4.69) is 19.9 Å². The van der Waals surface area contributed by atoms with E-state index in [1.807, 2.05) is 0 Å². The minimum Gasteiger partial charge on any atom is -0.462 e. The molecular weight excluding hydrogens is 396 g/mol. The van der Waals surface area contributed by atoms with Gasteiger partial charge in [0.25, 0.3) is 0 Å². The van der Waals surface area contributed by atoms with E-state index in [1.165, 1.54) is 19.4 Å². The number of esters is 2. The maximum absolute atomic E-state index is 12.9. The smallest absolute Gasteiger partial charge is 0.303 e. The van der Waals surface area contributed by atoms with Crippen molar-refractivity contribution in [2.75, 3.05) is 6.61 Å². The Morgan fingerprint density at radius 2 is 1.74 bits per heavy atom. The molecular formula is C25H36O6. The Hall–Kier alpha value is -1.69. The van der Waals surface area contributed by atoms with E-state index in [1.54, 1.807) is 0 Å². The molecule has 7 atom stereocenters. The van der Waals surface area contributed by atoms with Gasteiger partial charge in [0.1, 0.15) is 11.7 Å². The largest absolute Gasteiger partial charge is 0.462 e. The van der Waals surface area contributed by atoms with E-state index < -0.39 is 17.0 Å². The fourth-order valence-corrected chi connectivity index (χ4v) is 7.72. The Balaban J connectivity index is 1.56. The molecule has 6 heteroatoms. The van der Waals surface area contributed by atoms with Gasteiger partial charge in [-0.05, 0) is 68.1 Å². The molecule has 31 heavy (non-hydrogen) atoms. The molecule has 4 aliphatic rings. The molecule has 0 aliphatic heterocycles. The van der Waals surface area contributed by atoms with E-state index in [0.29, 0.717) is 18.3 Å². The molecule has 0 aromatic carbocycles. The highest BCUT2D eigenvalue weighted by Crippen LogP contribution is 2.67. The lowest BCUT2D eigenvalue weighted by molar-refractivity contribution is -0.169. The van der Waals surface area contributed by atoms with Crippen molar-refractivity contribution in [3.8, 4) is 0 Å². The molecule has 0 aromatic heterocycles. The lowest BCUT2D eigenvalue weighted by Gasteiger charge is -2.58. The minimum absolute atomic E-state index is 0.0160. The van der Waals surface area contributed by atoms with Crippen molar-refractivity contribution in [2.24, 2.45) is 28.6 Å².